The van der Waals surface area contributed by atoms with Gasteiger partial charge in [0.15, 0.2) is 5.17 Å². The van der Waals surface area contributed by atoms with Gasteiger partial charge in [-0.15, -0.1) is 0 Å². The van der Waals surface area contributed by atoms with E-state index < -0.39 is 0 Å². The van der Waals surface area contributed by atoms with E-state index in [0.717, 1.165) is 12.2 Å². The molecule has 17 heavy (non-hydrogen) atoms. The Morgan fingerprint density at radius 2 is 2.06 bits per heavy atom. The quantitative estimate of drug-likeness (QED) is 0.887. The van der Waals surface area contributed by atoms with Crippen LogP contribution >= 0.6 is 11.8 Å². The van der Waals surface area contributed by atoms with Crippen LogP contribution < -0.4 is 5.32 Å². The van der Waals surface area contributed by atoms with Crippen molar-refractivity contribution in [3.05, 3.63) is 35.9 Å². The van der Waals surface area contributed by atoms with Crippen LogP contribution in [0.2, 0.25) is 0 Å². The SMILES string of the molecule is c1ccc(CC2CSC(NC3CCC3)=N2)cc1. The standard InChI is InChI=1S/C14H18N2S/c1-2-5-11(6-3-1)9-13-10-17-14(16-13)15-12-7-4-8-12/h1-3,5-6,12-13H,4,7-10H2,(H,15,16). The van der Waals surface area contributed by atoms with Gasteiger partial charge in [-0.2, -0.15) is 0 Å². The van der Waals surface area contributed by atoms with E-state index in [4.69, 9.17) is 4.99 Å². The van der Waals surface area contributed by atoms with Crippen molar-refractivity contribution in [2.45, 2.75) is 37.8 Å². The average molecular weight is 246 g/mol. The Bertz CT molecular complexity index is 398. The van der Waals surface area contributed by atoms with Crippen molar-refractivity contribution >= 4 is 16.9 Å². The van der Waals surface area contributed by atoms with Crippen molar-refractivity contribution in [2.24, 2.45) is 4.99 Å². The Hall–Kier alpha value is -0.960. The van der Waals surface area contributed by atoms with Crippen molar-refractivity contribution in [1.82, 2.24) is 5.32 Å². The van der Waals surface area contributed by atoms with Gasteiger partial charge in [0.2, 0.25) is 0 Å². The second kappa shape index (κ2) is 5.13. The van der Waals surface area contributed by atoms with E-state index in [-0.39, 0.29) is 0 Å². The Morgan fingerprint density at radius 3 is 2.76 bits per heavy atom. The highest BCUT2D eigenvalue weighted by Crippen LogP contribution is 2.24. The number of hydrogen-bond acceptors (Lipinski definition) is 3. The fourth-order valence-corrected chi connectivity index (χ4v) is 3.23. The minimum Gasteiger partial charge on any atom is -0.362 e. The van der Waals surface area contributed by atoms with Crippen LogP contribution in [-0.4, -0.2) is 23.0 Å². The summed E-state index contributed by atoms with van der Waals surface area (Å²) in [5, 5.41) is 4.72. The molecule has 1 heterocycles. The molecule has 0 spiro atoms. The number of amidine groups is 1. The van der Waals surface area contributed by atoms with Gasteiger partial charge in [0.1, 0.15) is 0 Å². The van der Waals surface area contributed by atoms with Crippen LogP contribution in [0.1, 0.15) is 24.8 Å². The lowest BCUT2D eigenvalue weighted by Crippen LogP contribution is -2.37. The summed E-state index contributed by atoms with van der Waals surface area (Å²) in [5.74, 6) is 1.13. The summed E-state index contributed by atoms with van der Waals surface area (Å²) in [6, 6.07) is 11.8. The van der Waals surface area contributed by atoms with Gasteiger partial charge in [-0.25, -0.2) is 0 Å². The van der Waals surface area contributed by atoms with Crippen LogP contribution in [0.4, 0.5) is 0 Å². The first-order chi connectivity index (χ1) is 8.40. The fraction of sp³-hybridized carbons (Fsp3) is 0.500. The predicted molar refractivity (Wildman–Crippen MR) is 74.6 cm³/mol. The third-order valence-electron chi connectivity index (χ3n) is 3.46. The number of aliphatic imine (C=N–C) groups is 1. The van der Waals surface area contributed by atoms with Gasteiger partial charge in [-0.05, 0) is 31.2 Å². The number of thioether (sulfide) groups is 1. The van der Waals surface area contributed by atoms with Gasteiger partial charge in [0.05, 0.1) is 6.04 Å². The third kappa shape index (κ3) is 2.83. The summed E-state index contributed by atoms with van der Waals surface area (Å²) >= 11 is 1.89. The van der Waals surface area contributed by atoms with Crippen molar-refractivity contribution < 1.29 is 0 Å². The normalized spacial score (nSPS) is 24.2. The first kappa shape index (κ1) is 11.1. The van der Waals surface area contributed by atoms with E-state index in [9.17, 15) is 0 Å². The largest absolute Gasteiger partial charge is 0.362 e. The van der Waals surface area contributed by atoms with Crippen LogP contribution in [0.5, 0.6) is 0 Å². The zero-order valence-corrected chi connectivity index (χ0v) is 10.7. The molecule has 1 atom stereocenters. The minimum absolute atomic E-state index is 0.463. The van der Waals surface area contributed by atoms with E-state index in [0.29, 0.717) is 12.1 Å². The molecule has 3 rings (SSSR count). The van der Waals surface area contributed by atoms with Gasteiger partial charge < -0.3 is 5.32 Å². The van der Waals surface area contributed by atoms with E-state index in [2.05, 4.69) is 35.6 Å². The van der Waals surface area contributed by atoms with Crippen molar-refractivity contribution in [2.75, 3.05) is 5.75 Å². The molecular weight excluding hydrogens is 228 g/mol. The van der Waals surface area contributed by atoms with Crippen LogP contribution in [0.15, 0.2) is 35.3 Å². The lowest BCUT2D eigenvalue weighted by molar-refractivity contribution is 0.385. The van der Waals surface area contributed by atoms with E-state index in [1.165, 1.54) is 30.0 Å². The summed E-state index contributed by atoms with van der Waals surface area (Å²) in [6.07, 6.45) is 5.10. The summed E-state index contributed by atoms with van der Waals surface area (Å²) in [6.45, 7) is 0. The summed E-state index contributed by atoms with van der Waals surface area (Å²) in [5.41, 5.74) is 1.40. The smallest absolute Gasteiger partial charge is 0.157 e. The van der Waals surface area contributed by atoms with Crippen molar-refractivity contribution in [1.29, 1.82) is 0 Å². The van der Waals surface area contributed by atoms with Crippen molar-refractivity contribution in [3.8, 4) is 0 Å². The average Bonchev–Trinajstić information content (AvgIpc) is 2.73. The van der Waals surface area contributed by atoms with Crippen LogP contribution in [0.25, 0.3) is 0 Å². The van der Waals surface area contributed by atoms with Crippen LogP contribution in [0.3, 0.4) is 0 Å². The van der Waals surface area contributed by atoms with Gasteiger partial charge in [-0.3, -0.25) is 4.99 Å². The van der Waals surface area contributed by atoms with Gasteiger partial charge in [0, 0.05) is 11.8 Å². The number of nitrogens with zero attached hydrogens (tertiary/aromatic N) is 1. The number of nitrogens with one attached hydrogen (secondary N) is 1. The second-order valence-electron chi connectivity index (χ2n) is 4.86. The maximum absolute atomic E-state index is 4.77. The molecule has 3 heteroatoms. The molecule has 1 aromatic carbocycles. The van der Waals surface area contributed by atoms with E-state index in [1.54, 1.807) is 0 Å². The molecule has 1 N–H and O–H groups in total. The molecule has 2 aliphatic rings. The molecule has 0 saturated heterocycles. The van der Waals surface area contributed by atoms with E-state index in [1.807, 2.05) is 11.8 Å². The number of benzene rings is 1. The molecule has 0 aromatic heterocycles. The van der Waals surface area contributed by atoms with Crippen LogP contribution in [-0.2, 0) is 6.42 Å². The van der Waals surface area contributed by atoms with E-state index >= 15 is 0 Å². The Morgan fingerprint density at radius 1 is 1.24 bits per heavy atom. The molecule has 1 aliphatic carbocycles. The highest BCUT2D eigenvalue weighted by molar-refractivity contribution is 8.14. The number of rotatable bonds is 3. The van der Waals surface area contributed by atoms with Crippen LogP contribution in [0, 0.1) is 0 Å². The zero-order chi connectivity index (χ0) is 11.5. The van der Waals surface area contributed by atoms with Gasteiger partial charge in [0.25, 0.3) is 0 Å². The molecule has 1 aliphatic heterocycles. The highest BCUT2D eigenvalue weighted by Gasteiger charge is 2.23. The molecule has 90 valence electrons. The molecule has 1 saturated carbocycles. The van der Waals surface area contributed by atoms with Gasteiger partial charge in [-0.1, -0.05) is 42.1 Å². The molecular formula is C14H18N2S. The Labute approximate surface area is 107 Å². The highest BCUT2D eigenvalue weighted by atomic mass is 32.2. The molecule has 0 bridgehead atoms. The molecule has 2 nitrogen and oxygen atoms in total. The molecule has 1 aromatic rings. The van der Waals surface area contributed by atoms with Crippen molar-refractivity contribution in [3.63, 3.8) is 0 Å². The molecule has 1 fully saturated rings. The lowest BCUT2D eigenvalue weighted by Gasteiger charge is -2.26. The minimum atomic E-state index is 0.463. The first-order valence-corrected chi connectivity index (χ1v) is 7.40. The summed E-state index contributed by atoms with van der Waals surface area (Å²) in [4.78, 5) is 4.77. The Balaban J connectivity index is 1.55. The maximum Gasteiger partial charge on any atom is 0.157 e. The molecule has 0 amide bonds. The zero-order valence-electron chi connectivity index (χ0n) is 9.93. The predicted octanol–water partition coefficient (Wildman–Crippen LogP) is 2.84. The second-order valence-corrected chi connectivity index (χ2v) is 5.87. The number of hydrogen-bond donors (Lipinski definition) is 1. The van der Waals surface area contributed by atoms with Gasteiger partial charge >= 0.3 is 0 Å². The maximum atomic E-state index is 4.77. The summed E-state index contributed by atoms with van der Waals surface area (Å²) < 4.78 is 0. The fourth-order valence-electron chi connectivity index (χ4n) is 2.21. The Kier molecular flexibility index (Phi) is 3.36. The molecule has 1 unspecified atom stereocenters. The molecule has 0 radical (unpaired) electrons. The first-order valence-electron chi connectivity index (χ1n) is 6.41. The monoisotopic (exact) mass is 246 g/mol. The topological polar surface area (TPSA) is 24.4 Å². The third-order valence-corrected chi connectivity index (χ3v) is 4.51. The lowest BCUT2D eigenvalue weighted by atomic mass is 9.93. The summed E-state index contributed by atoms with van der Waals surface area (Å²) in [7, 11) is 0.